The van der Waals surface area contributed by atoms with Crippen LogP contribution in [0.2, 0.25) is 0 Å². The molecule has 0 aliphatic rings. The Balaban J connectivity index is 2.00. The van der Waals surface area contributed by atoms with Crippen molar-refractivity contribution in [2.45, 2.75) is 27.2 Å². The van der Waals surface area contributed by atoms with E-state index in [0.717, 1.165) is 17.9 Å². The molecule has 3 rings (SSSR count). The molecule has 110 valence electrons. The Kier molecular flexibility index (Phi) is 3.32. The van der Waals surface area contributed by atoms with Crippen LogP contribution in [-0.2, 0) is 13.5 Å². The van der Waals surface area contributed by atoms with Gasteiger partial charge >= 0.3 is 0 Å². The van der Waals surface area contributed by atoms with E-state index in [-0.39, 0.29) is 0 Å². The van der Waals surface area contributed by atoms with Crippen LogP contribution >= 0.6 is 0 Å². The van der Waals surface area contributed by atoms with Gasteiger partial charge in [0.05, 0.1) is 12.4 Å². The molecule has 0 saturated heterocycles. The first kappa shape index (κ1) is 13.5. The monoisotopic (exact) mass is 286 g/mol. The van der Waals surface area contributed by atoms with Crippen molar-refractivity contribution in [1.29, 1.82) is 0 Å². The van der Waals surface area contributed by atoms with Crippen LogP contribution in [-0.4, -0.2) is 29.7 Å². The van der Waals surface area contributed by atoms with Gasteiger partial charge in [0.15, 0.2) is 11.5 Å². The highest BCUT2D eigenvalue weighted by atomic mass is 16.5. The van der Waals surface area contributed by atoms with E-state index in [2.05, 4.69) is 34.2 Å². The number of aromatic nitrogens is 6. The lowest BCUT2D eigenvalue weighted by molar-refractivity contribution is 0.370. The molecule has 0 aliphatic carbocycles. The smallest absolute Gasteiger partial charge is 0.185 e. The summed E-state index contributed by atoms with van der Waals surface area (Å²) in [5.74, 6) is 2.73. The quantitative estimate of drug-likeness (QED) is 0.734. The van der Waals surface area contributed by atoms with Crippen LogP contribution in [0, 0.1) is 12.8 Å². The van der Waals surface area contributed by atoms with Crippen molar-refractivity contribution >= 4 is 0 Å². The van der Waals surface area contributed by atoms with Gasteiger partial charge in [0.2, 0.25) is 0 Å². The maximum absolute atomic E-state index is 5.38. The Hall–Kier alpha value is -2.44. The number of hydrogen-bond acceptors (Lipinski definition) is 5. The second-order valence-electron chi connectivity index (χ2n) is 5.54. The predicted molar refractivity (Wildman–Crippen MR) is 76.9 cm³/mol. The summed E-state index contributed by atoms with van der Waals surface area (Å²) in [6.45, 7) is 6.14. The number of nitrogens with zero attached hydrogens (tertiary/aromatic N) is 6. The Bertz CT molecular complexity index is 751. The van der Waals surface area contributed by atoms with Gasteiger partial charge in [-0.25, -0.2) is 9.67 Å². The Morgan fingerprint density at radius 3 is 2.81 bits per heavy atom. The van der Waals surface area contributed by atoms with Gasteiger partial charge in [-0.2, -0.15) is 10.2 Å². The largest absolute Gasteiger partial charge is 0.361 e. The lowest BCUT2D eigenvalue weighted by Gasteiger charge is -1.99. The van der Waals surface area contributed by atoms with E-state index in [1.807, 2.05) is 26.2 Å². The van der Waals surface area contributed by atoms with E-state index in [4.69, 9.17) is 4.52 Å². The molecule has 0 bridgehead atoms. The maximum atomic E-state index is 5.38. The minimum Gasteiger partial charge on any atom is -0.361 e. The molecule has 0 fully saturated rings. The van der Waals surface area contributed by atoms with Crippen LogP contribution in [0.25, 0.3) is 17.2 Å². The van der Waals surface area contributed by atoms with E-state index in [9.17, 15) is 0 Å². The van der Waals surface area contributed by atoms with Crippen LogP contribution in [0.3, 0.4) is 0 Å². The van der Waals surface area contributed by atoms with Gasteiger partial charge < -0.3 is 4.52 Å². The summed E-state index contributed by atoms with van der Waals surface area (Å²) < 4.78 is 8.84. The highest BCUT2D eigenvalue weighted by molar-refractivity contribution is 5.52. The van der Waals surface area contributed by atoms with Crippen LogP contribution in [0.5, 0.6) is 0 Å². The summed E-state index contributed by atoms with van der Waals surface area (Å²) in [7, 11) is 1.86. The highest BCUT2D eigenvalue weighted by Crippen LogP contribution is 2.21. The third-order valence-corrected chi connectivity index (χ3v) is 3.05. The topological polar surface area (TPSA) is 74.6 Å². The van der Waals surface area contributed by atoms with Gasteiger partial charge in [0.25, 0.3) is 0 Å². The summed E-state index contributed by atoms with van der Waals surface area (Å²) in [5.41, 5.74) is 1.54. The molecule has 0 atom stereocenters. The van der Waals surface area contributed by atoms with E-state index >= 15 is 0 Å². The Morgan fingerprint density at radius 1 is 1.33 bits per heavy atom. The third-order valence-electron chi connectivity index (χ3n) is 3.05. The summed E-state index contributed by atoms with van der Waals surface area (Å²) >= 11 is 0. The molecule has 0 aliphatic heterocycles. The van der Waals surface area contributed by atoms with Gasteiger partial charge in [-0.05, 0) is 12.8 Å². The fourth-order valence-electron chi connectivity index (χ4n) is 2.20. The van der Waals surface area contributed by atoms with E-state index in [1.165, 1.54) is 0 Å². The molecular formula is C14H18N6O. The second kappa shape index (κ2) is 5.16. The third kappa shape index (κ3) is 2.72. The summed E-state index contributed by atoms with van der Waals surface area (Å²) in [6, 6.07) is 1.93. The fourth-order valence-corrected chi connectivity index (χ4v) is 2.20. The summed E-state index contributed by atoms with van der Waals surface area (Å²) in [6.07, 6.45) is 4.48. The van der Waals surface area contributed by atoms with Crippen LogP contribution < -0.4 is 0 Å². The van der Waals surface area contributed by atoms with Gasteiger partial charge in [-0.15, -0.1) is 0 Å². The van der Waals surface area contributed by atoms with Crippen molar-refractivity contribution in [2.24, 2.45) is 13.0 Å². The zero-order chi connectivity index (χ0) is 15.0. The molecule has 21 heavy (non-hydrogen) atoms. The molecule has 7 heteroatoms. The number of rotatable bonds is 4. The van der Waals surface area contributed by atoms with Crippen molar-refractivity contribution in [3.63, 3.8) is 0 Å². The normalized spacial score (nSPS) is 11.5. The molecule has 0 amide bonds. The van der Waals surface area contributed by atoms with Crippen molar-refractivity contribution in [2.75, 3.05) is 0 Å². The highest BCUT2D eigenvalue weighted by Gasteiger charge is 2.17. The van der Waals surface area contributed by atoms with E-state index in [1.54, 1.807) is 15.6 Å². The van der Waals surface area contributed by atoms with Gasteiger partial charge in [0, 0.05) is 19.5 Å². The average molecular weight is 286 g/mol. The molecule has 3 heterocycles. The number of aryl methyl sites for hydroxylation is 2. The molecule has 0 N–H and O–H groups in total. The first-order chi connectivity index (χ1) is 10.0. The minimum absolute atomic E-state index is 0.517. The molecule has 0 saturated carbocycles. The Morgan fingerprint density at radius 2 is 2.14 bits per heavy atom. The minimum atomic E-state index is 0.517. The van der Waals surface area contributed by atoms with Crippen molar-refractivity contribution < 1.29 is 4.52 Å². The van der Waals surface area contributed by atoms with Crippen LogP contribution in [0.1, 0.15) is 25.4 Å². The zero-order valence-corrected chi connectivity index (χ0v) is 12.6. The van der Waals surface area contributed by atoms with Crippen molar-refractivity contribution in [3.8, 4) is 17.2 Å². The lowest BCUT2D eigenvalue weighted by Crippen LogP contribution is -1.98. The molecule has 0 unspecified atom stereocenters. The van der Waals surface area contributed by atoms with E-state index < -0.39 is 0 Å². The Labute approximate surface area is 122 Å². The second-order valence-corrected chi connectivity index (χ2v) is 5.54. The van der Waals surface area contributed by atoms with Gasteiger partial charge in [0.1, 0.15) is 17.3 Å². The molecule has 3 aromatic rings. The van der Waals surface area contributed by atoms with Crippen LogP contribution in [0.15, 0.2) is 23.0 Å². The maximum Gasteiger partial charge on any atom is 0.185 e. The first-order valence-corrected chi connectivity index (χ1v) is 6.91. The lowest BCUT2D eigenvalue weighted by atomic mass is 10.1. The first-order valence-electron chi connectivity index (χ1n) is 6.91. The molecule has 7 nitrogen and oxygen atoms in total. The zero-order valence-electron chi connectivity index (χ0n) is 12.6. The molecule has 3 aromatic heterocycles. The number of hydrogen-bond donors (Lipinski definition) is 0. The average Bonchev–Trinajstić information content (AvgIpc) is 3.08. The van der Waals surface area contributed by atoms with Crippen molar-refractivity contribution in [3.05, 3.63) is 30.0 Å². The van der Waals surface area contributed by atoms with Crippen LogP contribution in [0.4, 0.5) is 0 Å². The molecule has 0 spiro atoms. The molecule has 0 aromatic carbocycles. The fraction of sp³-hybridized carbons (Fsp3) is 0.429. The molecule has 0 radical (unpaired) electrons. The standard InChI is InChI=1S/C14H18N6O/c1-9(2)5-12-6-13(18-21-12)14-16-10(3)17-20(14)11-7-15-19(4)8-11/h6-9H,5H2,1-4H3. The summed E-state index contributed by atoms with van der Waals surface area (Å²) in [5, 5.41) is 12.7. The SMILES string of the molecule is Cc1nc(-c2cc(CC(C)C)on2)n(-c2cnn(C)c2)n1. The summed E-state index contributed by atoms with van der Waals surface area (Å²) in [4.78, 5) is 4.45. The molecular weight excluding hydrogens is 268 g/mol. The van der Waals surface area contributed by atoms with E-state index in [0.29, 0.717) is 23.3 Å². The predicted octanol–water partition coefficient (Wildman–Crippen LogP) is 2.16. The van der Waals surface area contributed by atoms with Gasteiger partial charge in [-0.3, -0.25) is 4.68 Å². The van der Waals surface area contributed by atoms with Gasteiger partial charge in [-0.1, -0.05) is 19.0 Å². The van der Waals surface area contributed by atoms with Crippen molar-refractivity contribution in [1.82, 2.24) is 29.7 Å².